The van der Waals surface area contributed by atoms with Crippen molar-refractivity contribution in [2.24, 2.45) is 16.5 Å². The molecule has 1 aliphatic heterocycles. The highest BCUT2D eigenvalue weighted by Gasteiger charge is 2.38. The number of aliphatic imine (C=N–C) groups is 1. The molecule has 0 aromatic heterocycles. The van der Waals surface area contributed by atoms with Crippen LogP contribution in [0.1, 0.15) is 40.7 Å². The van der Waals surface area contributed by atoms with Crippen molar-refractivity contribution in [1.82, 2.24) is 10.2 Å². The number of aryl methyl sites for hydroxylation is 1. The van der Waals surface area contributed by atoms with E-state index >= 15 is 0 Å². The van der Waals surface area contributed by atoms with Gasteiger partial charge in [-0.25, -0.2) is 14.4 Å². The lowest BCUT2D eigenvalue weighted by Gasteiger charge is -2.24. The summed E-state index contributed by atoms with van der Waals surface area (Å²) in [5.74, 6) is -4.94. The molecule has 1 atom stereocenters. The third kappa shape index (κ3) is 12.0. The SMILES string of the molecule is CN1C(=O)CN(CC(NC(=O)OCc2ccccc2)C(=O)O)C(=O)c2cc(CCCCCN=C(N)N)ccc21.O=C(O)C(F)(F)F. The van der Waals surface area contributed by atoms with Crippen LogP contribution < -0.4 is 21.7 Å². The number of rotatable bonds is 12. The predicted molar refractivity (Wildman–Crippen MR) is 159 cm³/mol. The number of benzene rings is 2. The number of carbonyl (C=O) groups is 5. The first-order valence-electron chi connectivity index (χ1n) is 13.8. The van der Waals surface area contributed by atoms with Crippen molar-refractivity contribution in [2.75, 3.05) is 31.6 Å². The lowest BCUT2D eigenvalue weighted by molar-refractivity contribution is -0.192. The molecule has 1 heterocycles. The number of amides is 3. The number of alkyl carbamates (subject to hydrolysis) is 1. The average Bonchev–Trinajstić information content (AvgIpc) is 3.07. The molecule has 7 N–H and O–H groups in total. The van der Waals surface area contributed by atoms with E-state index in [1.807, 2.05) is 12.1 Å². The van der Waals surface area contributed by atoms with Crippen LogP contribution in [0.3, 0.4) is 0 Å². The summed E-state index contributed by atoms with van der Waals surface area (Å²) >= 11 is 0. The van der Waals surface area contributed by atoms with Crippen LogP contribution in [0.5, 0.6) is 0 Å². The number of halogens is 3. The maximum Gasteiger partial charge on any atom is 0.490 e. The summed E-state index contributed by atoms with van der Waals surface area (Å²) in [6, 6.07) is 12.7. The third-order valence-electron chi connectivity index (χ3n) is 6.51. The molecule has 250 valence electrons. The molecule has 1 aliphatic rings. The molecule has 0 radical (unpaired) electrons. The number of hydrogen-bond acceptors (Lipinski definition) is 7. The number of nitrogens with two attached hydrogens (primary N) is 2. The standard InChI is InChI=1S/C27H34N6O6.C2HF3O2/c1-32-22-12-11-18(8-6-3-7-13-30-26(28)29)14-20(22)24(35)33(16-23(32)34)15-21(25(36)37)31-27(38)39-17-19-9-4-2-5-10-19;3-2(4,5)1(6)7/h2,4-5,9-12,14,21H,3,6-8,13,15-17H2,1H3,(H,31,38)(H,36,37)(H4,28,29,30);(H,6,7). The van der Waals surface area contributed by atoms with E-state index in [4.69, 9.17) is 26.1 Å². The number of aliphatic carboxylic acids is 2. The predicted octanol–water partition coefficient (Wildman–Crippen LogP) is 2.10. The molecule has 46 heavy (non-hydrogen) atoms. The van der Waals surface area contributed by atoms with Crippen LogP contribution >= 0.6 is 0 Å². The summed E-state index contributed by atoms with van der Waals surface area (Å²) in [6.45, 7) is -0.252. The Morgan fingerprint density at radius 3 is 2.26 bits per heavy atom. The van der Waals surface area contributed by atoms with Gasteiger partial charge >= 0.3 is 24.2 Å². The molecular weight excluding hydrogens is 617 g/mol. The first-order chi connectivity index (χ1) is 21.6. The molecule has 17 heteroatoms. The minimum Gasteiger partial charge on any atom is -0.480 e. The molecule has 2 aromatic rings. The number of carbonyl (C=O) groups excluding carboxylic acids is 3. The number of hydrogen-bond donors (Lipinski definition) is 5. The molecule has 3 rings (SSSR count). The van der Waals surface area contributed by atoms with Gasteiger partial charge in [-0.2, -0.15) is 13.2 Å². The van der Waals surface area contributed by atoms with Crippen molar-refractivity contribution in [1.29, 1.82) is 0 Å². The third-order valence-corrected chi connectivity index (χ3v) is 6.51. The molecule has 0 aliphatic carbocycles. The summed E-state index contributed by atoms with van der Waals surface area (Å²) in [5, 5.41) is 19.1. The van der Waals surface area contributed by atoms with Gasteiger partial charge in [-0.1, -0.05) is 42.8 Å². The van der Waals surface area contributed by atoms with E-state index in [0.29, 0.717) is 18.7 Å². The Labute approximate surface area is 261 Å². The number of carboxylic acids is 2. The number of alkyl halides is 3. The number of anilines is 1. The van der Waals surface area contributed by atoms with Gasteiger partial charge in [-0.05, 0) is 42.5 Å². The van der Waals surface area contributed by atoms with Crippen LogP contribution in [0.25, 0.3) is 0 Å². The molecule has 3 amide bonds. The van der Waals surface area contributed by atoms with Gasteiger partial charge in [-0.15, -0.1) is 0 Å². The molecule has 0 spiro atoms. The molecular formula is C29H35F3N6O8. The van der Waals surface area contributed by atoms with Crippen LogP contribution in [-0.4, -0.2) is 89.8 Å². The number of carboxylic acid groups (broad SMARTS) is 2. The summed E-state index contributed by atoms with van der Waals surface area (Å²) in [7, 11) is 1.56. The van der Waals surface area contributed by atoms with Gasteiger partial charge in [0.05, 0.1) is 17.8 Å². The van der Waals surface area contributed by atoms with E-state index in [1.54, 1.807) is 43.4 Å². The highest BCUT2D eigenvalue weighted by atomic mass is 19.4. The number of likely N-dealkylation sites (N-methyl/N-ethyl adjacent to an activating group) is 1. The van der Waals surface area contributed by atoms with E-state index in [9.17, 15) is 37.5 Å². The highest BCUT2D eigenvalue weighted by Crippen LogP contribution is 2.27. The Bertz CT molecular complexity index is 1420. The maximum absolute atomic E-state index is 13.5. The fourth-order valence-electron chi connectivity index (χ4n) is 4.13. The van der Waals surface area contributed by atoms with Crippen molar-refractivity contribution in [3.63, 3.8) is 0 Å². The number of unbranched alkanes of at least 4 members (excludes halogenated alkanes) is 2. The largest absolute Gasteiger partial charge is 0.490 e. The van der Waals surface area contributed by atoms with Crippen LogP contribution in [0.4, 0.5) is 23.7 Å². The number of guanidine groups is 1. The Morgan fingerprint density at radius 1 is 1.02 bits per heavy atom. The molecule has 1 unspecified atom stereocenters. The number of nitrogens with zero attached hydrogens (tertiary/aromatic N) is 3. The second kappa shape index (κ2) is 17.2. The van der Waals surface area contributed by atoms with Crippen molar-refractivity contribution in [3.05, 3.63) is 65.2 Å². The zero-order chi connectivity index (χ0) is 34.4. The Balaban J connectivity index is 0.000000942. The molecule has 0 saturated carbocycles. The molecule has 0 saturated heterocycles. The van der Waals surface area contributed by atoms with Gasteiger partial charge < -0.3 is 41.5 Å². The second-order valence-corrected chi connectivity index (χ2v) is 10.0. The van der Waals surface area contributed by atoms with Crippen molar-refractivity contribution in [3.8, 4) is 0 Å². The molecule has 14 nitrogen and oxygen atoms in total. The Kier molecular flexibility index (Phi) is 13.8. The van der Waals surface area contributed by atoms with Crippen molar-refractivity contribution >= 4 is 41.5 Å². The van der Waals surface area contributed by atoms with Gasteiger partial charge in [0.1, 0.15) is 19.2 Å². The second-order valence-electron chi connectivity index (χ2n) is 10.0. The number of fused-ring (bicyclic) bond motifs is 1. The van der Waals surface area contributed by atoms with Gasteiger partial charge in [0.25, 0.3) is 5.91 Å². The Hall–Kier alpha value is -5.35. The van der Waals surface area contributed by atoms with E-state index in [0.717, 1.165) is 35.3 Å². The lowest BCUT2D eigenvalue weighted by atomic mass is 10.0. The highest BCUT2D eigenvalue weighted by molar-refractivity contribution is 6.09. The quantitative estimate of drug-likeness (QED) is 0.128. The molecule has 2 aromatic carbocycles. The number of ether oxygens (including phenoxy) is 1. The normalized spacial score (nSPS) is 13.4. The first-order valence-corrected chi connectivity index (χ1v) is 13.8. The Morgan fingerprint density at radius 2 is 1.67 bits per heavy atom. The summed E-state index contributed by atoms with van der Waals surface area (Å²) < 4.78 is 36.9. The smallest absolute Gasteiger partial charge is 0.480 e. The summed E-state index contributed by atoms with van der Waals surface area (Å²) in [4.78, 5) is 65.9. The van der Waals surface area contributed by atoms with Crippen molar-refractivity contribution in [2.45, 2.75) is 44.5 Å². The van der Waals surface area contributed by atoms with Crippen LogP contribution in [0, 0.1) is 0 Å². The fraction of sp³-hybridized carbons (Fsp3) is 0.379. The van der Waals surface area contributed by atoms with Gasteiger partial charge in [0.2, 0.25) is 5.91 Å². The van der Waals surface area contributed by atoms with Crippen LogP contribution in [-0.2, 0) is 32.1 Å². The van der Waals surface area contributed by atoms with Gasteiger partial charge in [0.15, 0.2) is 5.96 Å². The summed E-state index contributed by atoms with van der Waals surface area (Å²) in [5.41, 5.74) is 13.0. The first kappa shape index (κ1) is 36.8. The van der Waals surface area contributed by atoms with Crippen LogP contribution in [0.15, 0.2) is 53.5 Å². The van der Waals surface area contributed by atoms with E-state index < -0.39 is 42.7 Å². The lowest BCUT2D eigenvalue weighted by Crippen LogP contribution is -2.51. The maximum atomic E-state index is 13.5. The topological polar surface area (TPSA) is 218 Å². The van der Waals surface area contributed by atoms with E-state index in [1.165, 1.54) is 4.90 Å². The zero-order valence-electron chi connectivity index (χ0n) is 24.8. The van der Waals surface area contributed by atoms with E-state index in [2.05, 4.69) is 10.3 Å². The average molecular weight is 653 g/mol. The summed E-state index contributed by atoms with van der Waals surface area (Å²) in [6.07, 6.45) is -2.77. The van der Waals surface area contributed by atoms with Gasteiger partial charge in [0, 0.05) is 13.6 Å². The zero-order valence-corrected chi connectivity index (χ0v) is 24.8. The fourth-order valence-corrected chi connectivity index (χ4v) is 4.13. The molecule has 0 fully saturated rings. The minimum absolute atomic E-state index is 0.0463. The van der Waals surface area contributed by atoms with Gasteiger partial charge in [-0.3, -0.25) is 14.6 Å². The van der Waals surface area contributed by atoms with Crippen molar-refractivity contribution < 1.29 is 52.1 Å². The number of nitrogens with one attached hydrogen (secondary N) is 1. The minimum atomic E-state index is -5.08. The molecule has 0 bridgehead atoms. The monoisotopic (exact) mass is 652 g/mol. The van der Waals surface area contributed by atoms with E-state index in [-0.39, 0.29) is 30.6 Å². The van der Waals surface area contributed by atoms with Crippen LogP contribution in [0.2, 0.25) is 0 Å².